The van der Waals surface area contributed by atoms with Gasteiger partial charge < -0.3 is 28.8 Å². The zero-order valence-electron chi connectivity index (χ0n) is 25.9. The summed E-state index contributed by atoms with van der Waals surface area (Å²) in [4.78, 5) is 43.7. The number of thiazole rings is 1. The number of aromatic carboxylic acids is 1. The van der Waals surface area contributed by atoms with E-state index in [0.717, 1.165) is 0 Å². The fraction of sp³-hybridized carbons (Fsp3) is 0.235. The largest absolute Gasteiger partial charge is 0.497 e. The second kappa shape index (κ2) is 13.7. The average Bonchev–Trinajstić information content (AvgIpc) is 3.36. The molecule has 1 aliphatic rings. The molecule has 0 fully saturated rings. The Hall–Kier alpha value is -5.36. The number of allylic oxidation sites excluding steroid dienone is 1. The van der Waals surface area contributed by atoms with Gasteiger partial charge in [-0.2, -0.15) is 0 Å². The van der Waals surface area contributed by atoms with Crippen molar-refractivity contribution in [1.82, 2.24) is 4.57 Å². The van der Waals surface area contributed by atoms with E-state index >= 15 is 0 Å². The minimum Gasteiger partial charge on any atom is -0.497 e. The third-order valence-corrected chi connectivity index (χ3v) is 8.29. The van der Waals surface area contributed by atoms with Gasteiger partial charge in [0.05, 0.1) is 49.3 Å². The first-order valence-electron chi connectivity index (χ1n) is 14.2. The third kappa shape index (κ3) is 6.38. The summed E-state index contributed by atoms with van der Waals surface area (Å²) in [6, 6.07) is 16.0. The topological polar surface area (TPSA) is 135 Å². The Labute approximate surface area is 268 Å². The van der Waals surface area contributed by atoms with Crippen molar-refractivity contribution >= 4 is 29.4 Å². The Morgan fingerprint density at radius 3 is 2.43 bits per heavy atom. The normalized spacial score (nSPS) is 14.3. The molecule has 0 saturated heterocycles. The van der Waals surface area contributed by atoms with E-state index in [9.17, 15) is 19.5 Å². The van der Waals surface area contributed by atoms with E-state index in [4.69, 9.17) is 23.7 Å². The van der Waals surface area contributed by atoms with Crippen LogP contribution in [0.15, 0.2) is 81.7 Å². The lowest BCUT2D eigenvalue weighted by Crippen LogP contribution is -2.40. The number of hydrogen-bond donors (Lipinski definition) is 1. The van der Waals surface area contributed by atoms with Crippen molar-refractivity contribution < 1.29 is 38.4 Å². The molecule has 2 heterocycles. The van der Waals surface area contributed by atoms with Crippen LogP contribution in [0.4, 0.5) is 0 Å². The SMILES string of the molecule is CCOC(=O)C1=C(C)N=c2s/c(=C\c3ccc(OCc4cccc(C(=O)O)c4)c(OC)c3)c(=O)n2[C@H]1c1cc(OC)ccc1OC. The van der Waals surface area contributed by atoms with Crippen molar-refractivity contribution in [2.75, 3.05) is 27.9 Å². The number of carbonyl (C=O) groups excluding carboxylic acids is 1. The molecule has 1 aliphatic heterocycles. The molecule has 11 nitrogen and oxygen atoms in total. The zero-order chi connectivity index (χ0) is 33.0. The second-order valence-corrected chi connectivity index (χ2v) is 11.1. The number of ether oxygens (including phenoxy) is 5. The van der Waals surface area contributed by atoms with Gasteiger partial charge in [0.1, 0.15) is 24.1 Å². The number of fused-ring (bicyclic) bond motifs is 1. The maximum absolute atomic E-state index is 14.1. The number of methoxy groups -OCH3 is 3. The van der Waals surface area contributed by atoms with Gasteiger partial charge in [-0.05, 0) is 73.5 Å². The molecular weight excluding hydrogens is 612 g/mol. The van der Waals surface area contributed by atoms with Crippen LogP contribution >= 0.6 is 11.3 Å². The highest BCUT2D eigenvalue weighted by atomic mass is 32.1. The highest BCUT2D eigenvalue weighted by molar-refractivity contribution is 7.07. The van der Waals surface area contributed by atoms with Gasteiger partial charge in [-0.3, -0.25) is 9.36 Å². The minimum absolute atomic E-state index is 0.130. The first kappa shape index (κ1) is 32.0. The van der Waals surface area contributed by atoms with E-state index in [2.05, 4.69) is 4.99 Å². The van der Waals surface area contributed by atoms with Crippen LogP contribution in [0.3, 0.4) is 0 Å². The maximum atomic E-state index is 14.1. The molecule has 1 aromatic heterocycles. The summed E-state index contributed by atoms with van der Waals surface area (Å²) < 4.78 is 29.9. The van der Waals surface area contributed by atoms with Gasteiger partial charge >= 0.3 is 11.9 Å². The van der Waals surface area contributed by atoms with Gasteiger partial charge in [0.25, 0.3) is 5.56 Å². The molecule has 0 unspecified atom stereocenters. The van der Waals surface area contributed by atoms with Crippen molar-refractivity contribution in [2.45, 2.75) is 26.5 Å². The van der Waals surface area contributed by atoms with Crippen LogP contribution in [0.5, 0.6) is 23.0 Å². The second-order valence-electron chi connectivity index (χ2n) is 10.1. The van der Waals surface area contributed by atoms with Gasteiger partial charge in [-0.25, -0.2) is 14.6 Å². The molecule has 4 aromatic rings. The first-order chi connectivity index (χ1) is 22.2. The first-order valence-corrected chi connectivity index (χ1v) is 15.0. The quantitative estimate of drug-likeness (QED) is 0.240. The average molecular weight is 645 g/mol. The van der Waals surface area contributed by atoms with Crippen LogP contribution in [-0.2, 0) is 16.1 Å². The minimum atomic E-state index is -1.02. The number of carbonyl (C=O) groups is 2. The highest BCUT2D eigenvalue weighted by Gasteiger charge is 2.35. The molecule has 0 bridgehead atoms. The van der Waals surface area contributed by atoms with Crippen LogP contribution in [0, 0.1) is 0 Å². The van der Waals surface area contributed by atoms with Crippen LogP contribution in [0.25, 0.3) is 6.08 Å². The lowest BCUT2D eigenvalue weighted by atomic mass is 9.94. The van der Waals surface area contributed by atoms with Gasteiger partial charge in [-0.15, -0.1) is 0 Å². The molecule has 0 spiro atoms. The summed E-state index contributed by atoms with van der Waals surface area (Å²) >= 11 is 1.19. The van der Waals surface area contributed by atoms with Crippen molar-refractivity contribution in [3.8, 4) is 23.0 Å². The van der Waals surface area contributed by atoms with E-state index in [1.54, 1.807) is 74.5 Å². The predicted octanol–water partition coefficient (Wildman–Crippen LogP) is 4.10. The summed E-state index contributed by atoms with van der Waals surface area (Å²) in [5.41, 5.74) is 2.37. The zero-order valence-corrected chi connectivity index (χ0v) is 26.7. The molecule has 0 amide bonds. The fourth-order valence-corrected chi connectivity index (χ4v) is 6.19. The Morgan fingerprint density at radius 2 is 1.74 bits per heavy atom. The monoisotopic (exact) mass is 644 g/mol. The van der Waals surface area contributed by atoms with E-state index in [1.165, 1.54) is 43.3 Å². The molecule has 3 aromatic carbocycles. The number of nitrogens with zero attached hydrogens (tertiary/aromatic N) is 2. The van der Waals surface area contributed by atoms with E-state index in [-0.39, 0.29) is 29.9 Å². The molecule has 238 valence electrons. The molecule has 46 heavy (non-hydrogen) atoms. The highest BCUT2D eigenvalue weighted by Crippen LogP contribution is 2.38. The molecule has 1 atom stereocenters. The molecule has 1 N–H and O–H groups in total. The van der Waals surface area contributed by atoms with Gasteiger partial charge in [0.15, 0.2) is 16.3 Å². The molecule has 0 saturated carbocycles. The Kier molecular flexibility index (Phi) is 9.57. The number of hydrogen-bond acceptors (Lipinski definition) is 10. The predicted molar refractivity (Wildman–Crippen MR) is 171 cm³/mol. The Bertz CT molecular complexity index is 2030. The van der Waals surface area contributed by atoms with Crippen LogP contribution in [-0.4, -0.2) is 49.5 Å². The molecule has 0 aliphatic carbocycles. The summed E-state index contributed by atoms with van der Waals surface area (Å²) in [5.74, 6) is 0.266. The number of benzene rings is 3. The Morgan fingerprint density at radius 1 is 0.978 bits per heavy atom. The van der Waals surface area contributed by atoms with Crippen molar-refractivity contribution in [3.05, 3.63) is 114 Å². The van der Waals surface area contributed by atoms with E-state index in [0.29, 0.717) is 54.7 Å². The van der Waals surface area contributed by atoms with Gasteiger partial charge in [0, 0.05) is 5.56 Å². The van der Waals surface area contributed by atoms with Gasteiger partial charge in [-0.1, -0.05) is 29.5 Å². The van der Waals surface area contributed by atoms with Crippen LogP contribution < -0.4 is 33.8 Å². The lowest BCUT2D eigenvalue weighted by molar-refractivity contribution is -0.139. The smallest absolute Gasteiger partial charge is 0.338 e. The van der Waals surface area contributed by atoms with E-state index < -0.39 is 18.0 Å². The number of carboxylic acids is 1. The molecule has 5 rings (SSSR count). The van der Waals surface area contributed by atoms with Crippen LogP contribution in [0.2, 0.25) is 0 Å². The number of carboxylic acid groups (broad SMARTS) is 1. The third-order valence-electron chi connectivity index (χ3n) is 7.30. The number of aromatic nitrogens is 1. The molecule has 12 heteroatoms. The summed E-state index contributed by atoms with van der Waals surface area (Å²) in [5, 5.41) is 9.26. The number of rotatable bonds is 11. The molecular formula is C34H32N2O9S. The standard InChI is InChI=1S/C34H32N2O9S/c1-6-44-33(40)29-19(2)35-34-36(30(29)24-17-23(41-3)11-13-25(24)42-4)31(37)28(46-34)16-20-10-12-26(27(15-20)43-5)45-18-21-8-7-9-22(14-21)32(38)39/h7-17,30H,6,18H2,1-5H3,(H,38,39)/b28-16-/t30-/m0/s1. The van der Waals surface area contributed by atoms with E-state index in [1.807, 2.05) is 0 Å². The van der Waals surface area contributed by atoms with Crippen molar-refractivity contribution in [3.63, 3.8) is 0 Å². The Balaban J connectivity index is 1.56. The summed E-state index contributed by atoms with van der Waals surface area (Å²) in [6.45, 7) is 3.71. The lowest BCUT2D eigenvalue weighted by Gasteiger charge is -2.26. The van der Waals surface area contributed by atoms with Gasteiger partial charge in [0.2, 0.25) is 0 Å². The molecule has 0 radical (unpaired) electrons. The van der Waals surface area contributed by atoms with Crippen molar-refractivity contribution in [1.29, 1.82) is 0 Å². The summed E-state index contributed by atoms with van der Waals surface area (Å²) in [7, 11) is 4.56. The summed E-state index contributed by atoms with van der Waals surface area (Å²) in [6.07, 6.45) is 1.72. The van der Waals surface area contributed by atoms with Crippen molar-refractivity contribution in [2.24, 2.45) is 4.99 Å². The fourth-order valence-electron chi connectivity index (χ4n) is 5.14. The van der Waals surface area contributed by atoms with Crippen LogP contribution in [0.1, 0.15) is 46.9 Å². The maximum Gasteiger partial charge on any atom is 0.338 e. The number of esters is 1.